The molecule has 0 aromatic heterocycles. The number of hydrogen-bond acceptors (Lipinski definition) is 7. The number of carbonyl (C=O) groups excluding carboxylic acids is 1. The van der Waals surface area contributed by atoms with Crippen molar-refractivity contribution in [3.63, 3.8) is 0 Å². The minimum absolute atomic E-state index is 0.104. The minimum atomic E-state index is -3.52. The summed E-state index contributed by atoms with van der Waals surface area (Å²) in [5.41, 5.74) is 2.39. The van der Waals surface area contributed by atoms with Crippen molar-refractivity contribution in [3.8, 4) is 11.5 Å². The van der Waals surface area contributed by atoms with Crippen LogP contribution in [0.4, 0.5) is 11.4 Å². The summed E-state index contributed by atoms with van der Waals surface area (Å²) in [5.74, 6) is 0.960. The molecule has 1 unspecified atom stereocenters. The molecule has 2 aromatic rings. The van der Waals surface area contributed by atoms with Gasteiger partial charge >= 0.3 is 5.97 Å². The van der Waals surface area contributed by atoms with E-state index in [9.17, 15) is 9.36 Å². The van der Waals surface area contributed by atoms with Crippen molar-refractivity contribution >= 4 is 24.9 Å². The molecular weight excluding hydrogens is 477 g/mol. The van der Waals surface area contributed by atoms with Crippen LogP contribution in [-0.4, -0.2) is 64.6 Å². The average molecular weight is 518 g/mol. The monoisotopic (exact) mass is 517 g/mol. The SMILES string of the molecule is CCOP(=O)(C1c2ccc(N(C)C)cc2Oc2cc(N(C)C)ccc21)N(C)CCC(=O)OC(C)(C)C. The van der Waals surface area contributed by atoms with Gasteiger partial charge in [0.15, 0.2) is 0 Å². The van der Waals surface area contributed by atoms with Crippen LogP contribution in [0.3, 0.4) is 0 Å². The molecular formula is C27H40N3O5P. The summed E-state index contributed by atoms with van der Waals surface area (Å²) in [6.45, 7) is 7.83. The van der Waals surface area contributed by atoms with Gasteiger partial charge in [0.05, 0.1) is 13.0 Å². The minimum Gasteiger partial charge on any atom is -0.460 e. The summed E-state index contributed by atoms with van der Waals surface area (Å²) in [6.07, 6.45) is 0.104. The van der Waals surface area contributed by atoms with Crippen LogP contribution in [0.5, 0.6) is 11.5 Å². The van der Waals surface area contributed by atoms with E-state index in [1.165, 1.54) is 0 Å². The van der Waals surface area contributed by atoms with Gasteiger partial charge in [-0.05, 0) is 46.9 Å². The van der Waals surface area contributed by atoms with Crippen LogP contribution in [0.1, 0.15) is 50.9 Å². The molecule has 0 amide bonds. The number of rotatable bonds is 9. The van der Waals surface area contributed by atoms with Crippen LogP contribution < -0.4 is 14.5 Å². The predicted molar refractivity (Wildman–Crippen MR) is 146 cm³/mol. The molecule has 0 radical (unpaired) electrons. The first-order valence-electron chi connectivity index (χ1n) is 12.2. The fraction of sp³-hybridized carbons (Fsp3) is 0.519. The summed E-state index contributed by atoms with van der Waals surface area (Å²) >= 11 is 0. The number of carbonyl (C=O) groups is 1. The molecule has 0 fully saturated rings. The lowest BCUT2D eigenvalue weighted by Gasteiger charge is -2.38. The Balaban J connectivity index is 2.08. The predicted octanol–water partition coefficient (Wildman–Crippen LogP) is 5.91. The molecule has 0 bridgehead atoms. The van der Waals surface area contributed by atoms with Crippen molar-refractivity contribution in [2.75, 3.05) is 58.2 Å². The van der Waals surface area contributed by atoms with Crippen LogP contribution in [0.2, 0.25) is 0 Å². The van der Waals surface area contributed by atoms with Crippen LogP contribution >= 0.6 is 7.52 Å². The van der Waals surface area contributed by atoms with Crippen molar-refractivity contribution in [3.05, 3.63) is 47.5 Å². The third-order valence-electron chi connectivity index (χ3n) is 6.01. The molecule has 0 aliphatic carbocycles. The maximum Gasteiger partial charge on any atom is 0.307 e. The van der Waals surface area contributed by atoms with Crippen LogP contribution in [-0.2, 0) is 18.6 Å². The first kappa shape index (κ1) is 28.0. The van der Waals surface area contributed by atoms with Gasteiger partial charge < -0.3 is 23.8 Å². The van der Waals surface area contributed by atoms with E-state index in [0.717, 1.165) is 22.5 Å². The fourth-order valence-electron chi connectivity index (χ4n) is 4.21. The van der Waals surface area contributed by atoms with Crippen molar-refractivity contribution in [2.45, 2.75) is 45.4 Å². The molecule has 9 heteroatoms. The molecule has 1 aliphatic heterocycles. The molecule has 1 heterocycles. The van der Waals surface area contributed by atoms with Gasteiger partial charge in [-0.15, -0.1) is 0 Å². The zero-order chi connectivity index (χ0) is 26.8. The molecule has 0 spiro atoms. The molecule has 2 aromatic carbocycles. The number of benzene rings is 2. The van der Waals surface area contributed by atoms with Gasteiger partial charge in [0.25, 0.3) is 7.52 Å². The molecule has 0 saturated heterocycles. The van der Waals surface area contributed by atoms with Gasteiger partial charge in [0.1, 0.15) is 22.8 Å². The Kier molecular flexibility index (Phi) is 8.44. The molecule has 1 aliphatic rings. The number of esters is 1. The topological polar surface area (TPSA) is 71.5 Å². The Morgan fingerprint density at radius 1 is 0.944 bits per heavy atom. The van der Waals surface area contributed by atoms with E-state index >= 15 is 0 Å². The van der Waals surface area contributed by atoms with Gasteiger partial charge in [-0.1, -0.05) is 12.1 Å². The molecule has 0 N–H and O–H groups in total. The second-order valence-electron chi connectivity index (χ2n) is 10.4. The maximum atomic E-state index is 14.8. The summed E-state index contributed by atoms with van der Waals surface area (Å²) in [4.78, 5) is 16.4. The van der Waals surface area contributed by atoms with Crippen LogP contribution in [0.25, 0.3) is 0 Å². The van der Waals surface area contributed by atoms with Gasteiger partial charge in [0.2, 0.25) is 0 Å². The Hall–Kier alpha value is -2.54. The Labute approximate surface area is 215 Å². The Morgan fingerprint density at radius 3 is 1.86 bits per heavy atom. The first-order chi connectivity index (χ1) is 16.8. The third kappa shape index (κ3) is 6.05. The van der Waals surface area contributed by atoms with Gasteiger partial charge in [0, 0.05) is 69.4 Å². The standard InChI is InChI=1S/C27H40N3O5P/c1-10-33-36(32,30(9)16-15-25(31)35-27(2,3)4)26-21-13-11-19(28(5)6)17-23(21)34-24-18-20(29(7)8)12-14-22(24)26/h11-14,17-18,26H,10,15-16H2,1-9H3. The molecule has 8 nitrogen and oxygen atoms in total. The van der Waals surface area contributed by atoms with Gasteiger partial charge in [-0.2, -0.15) is 0 Å². The normalized spacial score (nSPS) is 14.9. The third-order valence-corrected chi connectivity index (χ3v) is 9.00. The molecule has 3 rings (SSSR count). The van der Waals surface area contributed by atoms with E-state index in [0.29, 0.717) is 11.5 Å². The van der Waals surface area contributed by atoms with Crippen LogP contribution in [0.15, 0.2) is 36.4 Å². The summed E-state index contributed by atoms with van der Waals surface area (Å²) in [5, 5.41) is 0. The van der Waals surface area contributed by atoms with Gasteiger partial charge in [-0.3, -0.25) is 9.36 Å². The lowest BCUT2D eigenvalue weighted by atomic mass is 9.98. The second-order valence-corrected chi connectivity index (χ2v) is 13.0. The van der Waals surface area contributed by atoms with Crippen molar-refractivity contribution in [1.82, 2.24) is 4.67 Å². The smallest absolute Gasteiger partial charge is 0.307 e. The van der Waals surface area contributed by atoms with Crippen LogP contribution in [0, 0.1) is 0 Å². The number of hydrogen-bond donors (Lipinski definition) is 0. The lowest BCUT2D eigenvalue weighted by molar-refractivity contribution is -0.154. The van der Waals surface area contributed by atoms with Gasteiger partial charge in [-0.25, -0.2) is 4.67 Å². The van der Waals surface area contributed by atoms with E-state index in [4.69, 9.17) is 14.0 Å². The highest BCUT2D eigenvalue weighted by Gasteiger charge is 2.45. The molecule has 0 saturated carbocycles. The second kappa shape index (κ2) is 10.8. The highest BCUT2D eigenvalue weighted by Crippen LogP contribution is 2.68. The summed E-state index contributed by atoms with van der Waals surface area (Å²) in [7, 11) is 6.10. The number of fused-ring (bicyclic) bond motifs is 2. The van der Waals surface area contributed by atoms with E-state index in [2.05, 4.69) is 0 Å². The van der Waals surface area contributed by atoms with Crippen molar-refractivity contribution in [1.29, 1.82) is 0 Å². The molecule has 36 heavy (non-hydrogen) atoms. The first-order valence-corrected chi connectivity index (χ1v) is 13.9. The fourth-order valence-corrected chi connectivity index (χ4v) is 6.83. The van der Waals surface area contributed by atoms with E-state index in [1.54, 1.807) is 11.7 Å². The summed E-state index contributed by atoms with van der Waals surface area (Å²) in [6, 6.07) is 11.8. The molecule has 1 atom stereocenters. The Morgan fingerprint density at radius 2 is 1.44 bits per heavy atom. The quantitative estimate of drug-likeness (QED) is 0.300. The average Bonchev–Trinajstić information content (AvgIpc) is 2.78. The molecule has 198 valence electrons. The number of nitrogens with zero attached hydrogens (tertiary/aromatic N) is 3. The van der Waals surface area contributed by atoms with E-state index in [1.807, 2.05) is 102 Å². The number of anilines is 2. The number of ether oxygens (including phenoxy) is 2. The zero-order valence-corrected chi connectivity index (χ0v) is 23.9. The lowest BCUT2D eigenvalue weighted by Crippen LogP contribution is -2.29. The summed E-state index contributed by atoms with van der Waals surface area (Å²) < 4.78 is 34.4. The van der Waals surface area contributed by atoms with Crippen molar-refractivity contribution in [2.24, 2.45) is 0 Å². The highest BCUT2D eigenvalue weighted by atomic mass is 31.2. The van der Waals surface area contributed by atoms with E-state index < -0.39 is 18.8 Å². The zero-order valence-electron chi connectivity index (χ0n) is 23.0. The largest absolute Gasteiger partial charge is 0.460 e. The van der Waals surface area contributed by atoms with Crippen molar-refractivity contribution < 1.29 is 23.4 Å². The van der Waals surface area contributed by atoms with E-state index in [-0.39, 0.29) is 25.5 Å². The Bertz CT molecular complexity index is 1090. The highest BCUT2D eigenvalue weighted by molar-refractivity contribution is 7.57. The maximum absolute atomic E-state index is 14.8.